The molecule has 27 nitrogen and oxygen atoms in total. The summed E-state index contributed by atoms with van der Waals surface area (Å²) >= 11 is 0. The minimum atomic E-state index is -1.35. The minimum Gasteiger partial charge on any atom is -0.461 e. The highest BCUT2D eigenvalue weighted by molar-refractivity contribution is 6.13. The lowest BCUT2D eigenvalue weighted by Crippen LogP contribution is -2.54. The maximum Gasteiger partial charge on any atom is 0.312 e. The highest BCUT2D eigenvalue weighted by Gasteiger charge is 2.31. The van der Waals surface area contributed by atoms with Gasteiger partial charge in [-0.1, -0.05) is 38.1 Å². The van der Waals surface area contributed by atoms with Crippen molar-refractivity contribution in [2.24, 2.45) is 17.4 Å². The number of nitrogens with one attached hydrogen (secondary N) is 9. The molecule has 1 aliphatic rings. The normalized spacial score (nSPS) is 12.6. The topological polar surface area (TPSA) is 404 Å². The molecule has 82 heavy (non-hydrogen) atoms. The molecule has 0 fully saturated rings. The number of nitrogens with zero attached hydrogens (tertiary/aromatic N) is 1. The van der Waals surface area contributed by atoms with Crippen molar-refractivity contribution in [3.8, 4) is 0 Å². The number of ether oxygens (including phenoxy) is 2. The zero-order valence-electron chi connectivity index (χ0n) is 46.1. The number of urea groups is 2. The van der Waals surface area contributed by atoms with E-state index in [1.165, 1.54) is 39.8 Å². The monoisotopic (exact) mass is 1140 g/mol. The third kappa shape index (κ3) is 21.7. The molecule has 0 spiro atoms. The first-order chi connectivity index (χ1) is 38.8. The number of carbonyl (C=O) groups is 13. The number of nitrogens with two attached hydrogens (primary N) is 2. The van der Waals surface area contributed by atoms with Crippen LogP contribution in [0.25, 0.3) is 0 Å². The molecule has 0 unspecified atom stereocenters. The van der Waals surface area contributed by atoms with E-state index in [-0.39, 0.29) is 86.6 Å². The van der Waals surface area contributed by atoms with Gasteiger partial charge in [0, 0.05) is 80.2 Å². The largest absolute Gasteiger partial charge is 0.461 e. The van der Waals surface area contributed by atoms with E-state index in [4.69, 9.17) is 20.9 Å². The van der Waals surface area contributed by atoms with Crippen LogP contribution in [0.1, 0.15) is 105 Å². The molecule has 1 heterocycles. The van der Waals surface area contributed by atoms with Gasteiger partial charge >= 0.3 is 24.0 Å². The van der Waals surface area contributed by atoms with Gasteiger partial charge in [-0.2, -0.15) is 0 Å². The predicted molar refractivity (Wildman–Crippen MR) is 296 cm³/mol. The summed E-state index contributed by atoms with van der Waals surface area (Å²) in [5, 5.41) is 23.3. The summed E-state index contributed by atoms with van der Waals surface area (Å²) in [5.41, 5.74) is 11.5. The number of hydrogen-bond donors (Lipinski definition) is 11. The van der Waals surface area contributed by atoms with Crippen molar-refractivity contribution in [3.63, 3.8) is 0 Å². The Hall–Kier alpha value is -9.95. The fraction of sp³-hybridized carbons (Fsp3) is 0.364. The molecule has 3 atom stereocenters. The van der Waals surface area contributed by atoms with E-state index in [0.29, 0.717) is 22.5 Å². The number of hydrogen-bond acceptors (Lipinski definition) is 15. The molecule has 13 amide bonds. The number of benzene rings is 3. The molecule has 0 bridgehead atoms. The molecule has 27 heteroatoms. The van der Waals surface area contributed by atoms with Gasteiger partial charge in [-0.3, -0.25) is 57.6 Å². The number of allylic oxidation sites excluding steroid dienone is 1. The third-order valence-electron chi connectivity index (χ3n) is 11.9. The highest BCUT2D eigenvalue weighted by Crippen LogP contribution is 2.20. The Kier molecular flexibility index (Phi) is 24.9. The smallest absolute Gasteiger partial charge is 0.312 e. The van der Waals surface area contributed by atoms with Crippen molar-refractivity contribution in [1.82, 2.24) is 36.8 Å². The lowest BCUT2D eigenvalue weighted by atomic mass is 10.0. The summed E-state index contributed by atoms with van der Waals surface area (Å²) < 4.78 is 10.0. The molecule has 0 saturated heterocycles. The molecule has 1 aliphatic heterocycles. The number of esters is 2. The molecule has 4 rings (SSSR count). The molecular formula is C55H68N12O15. The fourth-order valence-corrected chi connectivity index (χ4v) is 7.67. The van der Waals surface area contributed by atoms with Crippen LogP contribution in [0.4, 0.5) is 26.7 Å². The van der Waals surface area contributed by atoms with Gasteiger partial charge in [-0.15, -0.1) is 0 Å². The molecule has 13 N–H and O–H groups in total. The van der Waals surface area contributed by atoms with E-state index in [0.717, 1.165) is 23.1 Å². The van der Waals surface area contributed by atoms with Crippen LogP contribution in [0.2, 0.25) is 0 Å². The van der Waals surface area contributed by atoms with Crippen LogP contribution in [0.5, 0.6) is 0 Å². The number of carbonyl (C=O) groups excluding carboxylic acids is 13. The Labute approximate surface area is 471 Å². The summed E-state index contributed by atoms with van der Waals surface area (Å²) in [5.74, 6) is -8.64. The Balaban J connectivity index is 1.62. The Morgan fingerprint density at radius 2 is 1.02 bits per heavy atom. The van der Waals surface area contributed by atoms with Gasteiger partial charge in [0.25, 0.3) is 29.5 Å². The standard InChI is InChI=1S/C55H68N12O15/c1-30(2)46(52(77)63-41(9-7-22-58-54(56)79)50(75)61-38-15-11-34(12-16-38)28-81-32(5)68)65-48(73)36-25-37(27-40(26-36)60-43(70)21-24-67-44(71)19-20-45(67)72)49(74)66-47(31(3)4)53(78)64-42(10-8-23-59-55(57)80)51(76)62-39-17-13-35(14-18-39)29-82-33(6)69/h11-20,25-27,30,41-42,46H,7-10,21-24,28-29H2,1-6H3,(H,60,70)(H,61,75)(H,62,76)(H,63,77)(H,64,78)(H,65,73)(H,66,74)(H3,56,58,79)(H3,57,59,80)/t41-,42-,46-/m0/s1. The molecule has 0 saturated carbocycles. The fourth-order valence-electron chi connectivity index (χ4n) is 7.67. The van der Waals surface area contributed by atoms with Gasteiger partial charge < -0.3 is 68.8 Å². The van der Waals surface area contributed by atoms with E-state index in [1.54, 1.807) is 62.4 Å². The first kappa shape index (κ1) is 64.6. The van der Waals surface area contributed by atoms with Crippen molar-refractivity contribution in [2.75, 3.05) is 35.6 Å². The number of imide groups is 1. The summed E-state index contributed by atoms with van der Waals surface area (Å²) in [4.78, 5) is 168. The third-order valence-corrected chi connectivity index (χ3v) is 11.9. The highest BCUT2D eigenvalue weighted by atomic mass is 16.5. The zero-order chi connectivity index (χ0) is 60.6. The maximum absolute atomic E-state index is 14.3. The number of anilines is 3. The van der Waals surface area contributed by atoms with Gasteiger partial charge in [-0.25, -0.2) is 9.59 Å². The Morgan fingerprint density at radius 3 is 1.46 bits per heavy atom. The van der Waals surface area contributed by atoms with E-state index < -0.39 is 108 Å². The quantitative estimate of drug-likeness (QED) is 0.0205. The molecular weight excluding hydrogens is 1070 g/mol. The molecule has 0 aliphatic carbocycles. The number of rotatable bonds is 29. The maximum atomic E-state index is 14.3. The first-order valence-electron chi connectivity index (χ1n) is 25.8. The van der Waals surface area contributed by atoms with Crippen LogP contribution in [0.15, 0.2) is 90.2 Å². The Bertz CT molecular complexity index is 2950. The first-order valence-corrected chi connectivity index (χ1v) is 25.8. The van der Waals surface area contributed by atoms with Gasteiger partial charge in [0.2, 0.25) is 23.6 Å². The second-order valence-corrected chi connectivity index (χ2v) is 19.2. The Morgan fingerprint density at radius 1 is 0.561 bits per heavy atom. The molecule has 3 aromatic carbocycles. The lowest BCUT2D eigenvalue weighted by molar-refractivity contribution is -0.143. The van der Waals surface area contributed by atoms with Crippen LogP contribution >= 0.6 is 0 Å². The van der Waals surface area contributed by atoms with Gasteiger partial charge in [0.15, 0.2) is 0 Å². The lowest BCUT2D eigenvalue weighted by Gasteiger charge is -2.25. The van der Waals surface area contributed by atoms with Crippen molar-refractivity contribution < 1.29 is 71.8 Å². The second kappa shape index (κ2) is 31.6. The second-order valence-electron chi connectivity index (χ2n) is 19.2. The van der Waals surface area contributed by atoms with Gasteiger partial charge in [-0.05, 0) is 105 Å². The summed E-state index contributed by atoms with van der Waals surface area (Å²) in [7, 11) is 0. The van der Waals surface area contributed by atoms with Crippen LogP contribution in [-0.4, -0.2) is 120 Å². The summed E-state index contributed by atoms with van der Waals surface area (Å²) in [6.45, 7) is 8.50. The number of primary amides is 2. The van der Waals surface area contributed by atoms with Crippen LogP contribution < -0.4 is 59.3 Å². The van der Waals surface area contributed by atoms with Crippen LogP contribution in [-0.2, 0) is 65.8 Å². The summed E-state index contributed by atoms with van der Waals surface area (Å²) in [6, 6.07) is 10.7. The van der Waals surface area contributed by atoms with Gasteiger partial charge in [0.05, 0.1) is 0 Å². The average molecular weight is 1140 g/mol. The molecule has 0 aromatic heterocycles. The van der Waals surface area contributed by atoms with E-state index in [2.05, 4.69) is 47.9 Å². The predicted octanol–water partition coefficient (Wildman–Crippen LogP) is 1.99. The molecule has 438 valence electrons. The summed E-state index contributed by atoms with van der Waals surface area (Å²) in [6.07, 6.45) is 1.98. The van der Waals surface area contributed by atoms with Gasteiger partial charge in [0.1, 0.15) is 37.0 Å². The minimum absolute atomic E-state index is 0.00330. The van der Waals surface area contributed by atoms with Crippen molar-refractivity contribution in [1.29, 1.82) is 0 Å². The van der Waals surface area contributed by atoms with Crippen molar-refractivity contribution in [3.05, 3.63) is 112 Å². The number of amides is 13. The van der Waals surface area contributed by atoms with Crippen molar-refractivity contribution >= 4 is 94.2 Å². The molecule has 0 radical (unpaired) electrons. The van der Waals surface area contributed by atoms with Crippen LogP contribution in [0.3, 0.4) is 0 Å². The van der Waals surface area contributed by atoms with E-state index >= 15 is 0 Å². The molecule has 3 aromatic rings. The SMILES string of the molecule is CC(=O)OCc1ccc(NC(=O)[C@H](CCCNC(N)=O)NC(=O)C(NC(=O)c2cc(NC(=O)CCN3C(=O)C=CC3=O)cc(C(=O)N[C@H](C(=O)N[C@@H](CCCNC(N)=O)C(=O)Nc3ccc(COC(C)=O)cc3)C(C)C)c2)=C(C)C)cc1. The average Bonchev–Trinajstić information content (AvgIpc) is 3.83. The van der Waals surface area contributed by atoms with E-state index in [9.17, 15) is 62.3 Å². The van der Waals surface area contributed by atoms with Crippen LogP contribution in [0, 0.1) is 5.92 Å². The van der Waals surface area contributed by atoms with Crippen molar-refractivity contribution in [2.45, 2.75) is 105 Å². The van der Waals surface area contributed by atoms with E-state index in [1.807, 2.05) is 0 Å². The zero-order valence-corrected chi connectivity index (χ0v) is 46.1.